The largest absolute Gasteiger partial charge is 0.464 e. The summed E-state index contributed by atoms with van der Waals surface area (Å²) < 4.78 is 0. The summed E-state index contributed by atoms with van der Waals surface area (Å²) in [7, 11) is 0. The molecule has 4 nitrogen and oxygen atoms in total. The van der Waals surface area contributed by atoms with Crippen LogP contribution in [0.3, 0.4) is 0 Å². The average molecular weight is 288 g/mol. The van der Waals surface area contributed by atoms with Gasteiger partial charge in [0, 0.05) is 0 Å². The third kappa shape index (κ3) is 25.9. The van der Waals surface area contributed by atoms with Gasteiger partial charge >= 0.3 is 6.09 Å². The first-order chi connectivity index (χ1) is 9.68. The van der Waals surface area contributed by atoms with Gasteiger partial charge in [0.1, 0.15) is 0 Å². The van der Waals surface area contributed by atoms with Crippen molar-refractivity contribution in [2.75, 3.05) is 0 Å². The standard InChI is InChI=1S/C15H32.CH4N2O2/c1-3-5-7-9-11-13-15-14-12-10-8-6-4-2;2-3-1(4)5/h3-15H2,1-2H3;3H,2H2,(H,4,5). The zero-order chi connectivity index (χ0) is 15.5. The van der Waals surface area contributed by atoms with Crippen molar-refractivity contribution in [2.45, 2.75) is 97.3 Å². The van der Waals surface area contributed by atoms with E-state index in [0.29, 0.717) is 0 Å². The van der Waals surface area contributed by atoms with E-state index >= 15 is 0 Å². The number of nitrogens with one attached hydrogen (secondary N) is 1. The maximum Gasteiger partial charge on any atom is 0.418 e. The minimum Gasteiger partial charge on any atom is -0.464 e. The van der Waals surface area contributed by atoms with E-state index in [9.17, 15) is 0 Å². The molecule has 0 spiro atoms. The summed E-state index contributed by atoms with van der Waals surface area (Å²) in [5, 5.41) is 7.49. The normalized spacial score (nSPS) is 9.75. The Morgan fingerprint density at radius 2 is 0.950 bits per heavy atom. The lowest BCUT2D eigenvalue weighted by Crippen LogP contribution is -2.27. The van der Waals surface area contributed by atoms with Crippen LogP contribution in [0.5, 0.6) is 0 Å². The van der Waals surface area contributed by atoms with Crippen LogP contribution in [-0.2, 0) is 0 Å². The van der Waals surface area contributed by atoms with Crippen LogP contribution in [-0.4, -0.2) is 11.2 Å². The van der Waals surface area contributed by atoms with E-state index in [2.05, 4.69) is 19.7 Å². The van der Waals surface area contributed by atoms with Gasteiger partial charge in [0.15, 0.2) is 0 Å². The van der Waals surface area contributed by atoms with Crippen molar-refractivity contribution in [3.63, 3.8) is 0 Å². The number of carbonyl (C=O) groups is 1. The highest BCUT2D eigenvalue weighted by Gasteiger charge is 1.92. The second-order valence-electron chi connectivity index (χ2n) is 5.34. The Hall–Kier alpha value is -0.770. The molecule has 0 rings (SSSR count). The second-order valence-corrected chi connectivity index (χ2v) is 5.34. The number of hydrazine groups is 1. The fourth-order valence-electron chi connectivity index (χ4n) is 2.09. The number of hydrogen-bond acceptors (Lipinski definition) is 2. The van der Waals surface area contributed by atoms with E-state index in [4.69, 9.17) is 9.90 Å². The van der Waals surface area contributed by atoms with Crippen molar-refractivity contribution in [3.8, 4) is 0 Å². The first kappa shape index (κ1) is 21.5. The molecule has 0 fully saturated rings. The lowest BCUT2D eigenvalue weighted by Gasteiger charge is -2.01. The maximum atomic E-state index is 9.13. The number of nitrogens with two attached hydrogens (primary N) is 1. The van der Waals surface area contributed by atoms with E-state index in [1.165, 1.54) is 88.9 Å². The van der Waals surface area contributed by atoms with Gasteiger partial charge in [-0.15, -0.1) is 0 Å². The molecule has 0 heterocycles. The molecule has 0 aromatic carbocycles. The summed E-state index contributed by atoms with van der Waals surface area (Å²) in [6.07, 6.45) is 17.7. The van der Waals surface area contributed by atoms with E-state index in [-0.39, 0.29) is 0 Å². The fourth-order valence-corrected chi connectivity index (χ4v) is 2.09. The molecule has 0 saturated heterocycles. The highest BCUT2D eigenvalue weighted by molar-refractivity contribution is 5.63. The van der Waals surface area contributed by atoms with Gasteiger partial charge < -0.3 is 5.11 Å². The van der Waals surface area contributed by atoms with Gasteiger partial charge in [-0.2, -0.15) is 0 Å². The van der Waals surface area contributed by atoms with Crippen LogP contribution < -0.4 is 11.3 Å². The topological polar surface area (TPSA) is 75.3 Å². The minimum absolute atomic E-state index is 1.22. The molecule has 0 bridgehead atoms. The van der Waals surface area contributed by atoms with Crippen molar-refractivity contribution in [1.29, 1.82) is 0 Å². The predicted molar refractivity (Wildman–Crippen MR) is 86.7 cm³/mol. The molecule has 20 heavy (non-hydrogen) atoms. The second kappa shape index (κ2) is 20.5. The maximum absolute atomic E-state index is 9.13. The highest BCUT2D eigenvalue weighted by atomic mass is 16.4. The molecule has 0 unspecified atom stereocenters. The SMILES string of the molecule is CCCCCCCCCCCCCCC.NNC(=O)O. The number of carboxylic acid groups (broad SMARTS) is 1. The van der Waals surface area contributed by atoms with Gasteiger partial charge in [-0.25, -0.2) is 10.6 Å². The van der Waals surface area contributed by atoms with Gasteiger partial charge in [-0.3, -0.25) is 5.43 Å². The first-order valence-electron chi connectivity index (χ1n) is 8.38. The van der Waals surface area contributed by atoms with Gasteiger partial charge in [0.05, 0.1) is 0 Å². The molecule has 0 aromatic rings. The Kier molecular flexibility index (Phi) is 22.1. The summed E-state index contributed by atoms with van der Waals surface area (Å²) >= 11 is 0. The molecule has 0 aliphatic rings. The Morgan fingerprint density at radius 3 is 1.10 bits per heavy atom. The molecule has 0 aliphatic heterocycles. The summed E-state index contributed by atoms with van der Waals surface area (Å²) in [6.45, 7) is 4.58. The van der Waals surface area contributed by atoms with E-state index < -0.39 is 6.09 Å². The third-order valence-corrected chi connectivity index (χ3v) is 3.33. The van der Waals surface area contributed by atoms with Crippen molar-refractivity contribution in [1.82, 2.24) is 5.43 Å². The molecule has 4 heteroatoms. The predicted octanol–water partition coefficient (Wildman–Crippen LogP) is 5.23. The zero-order valence-electron chi connectivity index (χ0n) is 13.6. The lowest BCUT2D eigenvalue weighted by atomic mass is 10.1. The molecule has 122 valence electrons. The number of rotatable bonds is 12. The minimum atomic E-state index is -1.22. The number of amides is 1. The molecular weight excluding hydrogens is 252 g/mol. The van der Waals surface area contributed by atoms with Gasteiger partial charge in [-0.1, -0.05) is 97.3 Å². The smallest absolute Gasteiger partial charge is 0.418 e. The van der Waals surface area contributed by atoms with Crippen molar-refractivity contribution in [3.05, 3.63) is 0 Å². The fraction of sp³-hybridized carbons (Fsp3) is 0.938. The van der Waals surface area contributed by atoms with Crippen molar-refractivity contribution in [2.24, 2.45) is 5.84 Å². The van der Waals surface area contributed by atoms with Crippen LogP contribution >= 0.6 is 0 Å². The van der Waals surface area contributed by atoms with Gasteiger partial charge in [-0.05, 0) is 0 Å². The van der Waals surface area contributed by atoms with Crippen LogP contribution in [0.15, 0.2) is 0 Å². The molecular formula is C16H36N2O2. The van der Waals surface area contributed by atoms with Gasteiger partial charge in [0.25, 0.3) is 0 Å². The van der Waals surface area contributed by atoms with Gasteiger partial charge in [0.2, 0.25) is 0 Å². The van der Waals surface area contributed by atoms with Crippen LogP contribution in [0, 0.1) is 0 Å². The molecule has 0 aromatic heterocycles. The summed E-state index contributed by atoms with van der Waals surface area (Å²) in [6, 6.07) is 0. The summed E-state index contributed by atoms with van der Waals surface area (Å²) in [4.78, 5) is 9.13. The first-order valence-corrected chi connectivity index (χ1v) is 8.38. The zero-order valence-corrected chi connectivity index (χ0v) is 13.6. The van der Waals surface area contributed by atoms with Crippen LogP contribution in [0.1, 0.15) is 97.3 Å². The Morgan fingerprint density at radius 1 is 0.750 bits per heavy atom. The Balaban J connectivity index is 0. The highest BCUT2D eigenvalue weighted by Crippen LogP contribution is 2.12. The molecule has 4 N–H and O–H groups in total. The molecule has 1 amide bonds. The van der Waals surface area contributed by atoms with E-state index in [1.807, 2.05) is 0 Å². The van der Waals surface area contributed by atoms with Crippen molar-refractivity contribution < 1.29 is 9.90 Å². The summed E-state index contributed by atoms with van der Waals surface area (Å²) in [5.41, 5.74) is 1.44. The number of hydrogen-bond donors (Lipinski definition) is 3. The Labute approximate surface area is 125 Å². The summed E-state index contributed by atoms with van der Waals surface area (Å²) in [5.74, 6) is 4.32. The number of unbranched alkanes of at least 4 members (excludes halogenated alkanes) is 12. The third-order valence-electron chi connectivity index (χ3n) is 3.33. The Bertz CT molecular complexity index is 175. The molecule has 0 saturated carbocycles. The molecule has 0 atom stereocenters. The van der Waals surface area contributed by atoms with E-state index in [1.54, 1.807) is 0 Å². The van der Waals surface area contributed by atoms with Crippen molar-refractivity contribution >= 4 is 6.09 Å². The van der Waals surface area contributed by atoms with E-state index in [0.717, 1.165) is 0 Å². The van der Waals surface area contributed by atoms with Crippen LogP contribution in [0.2, 0.25) is 0 Å². The quantitative estimate of drug-likeness (QED) is 0.199. The van der Waals surface area contributed by atoms with Crippen LogP contribution in [0.25, 0.3) is 0 Å². The lowest BCUT2D eigenvalue weighted by molar-refractivity contribution is 0.194. The molecule has 0 radical (unpaired) electrons. The van der Waals surface area contributed by atoms with Crippen LogP contribution in [0.4, 0.5) is 4.79 Å². The monoisotopic (exact) mass is 288 g/mol. The molecule has 0 aliphatic carbocycles. The average Bonchev–Trinajstić information content (AvgIpc) is 2.45.